The fourth-order valence-electron chi connectivity index (χ4n) is 1.83. The maximum atomic E-state index is 13.1. The molecule has 0 fully saturated rings. The van der Waals surface area contributed by atoms with Gasteiger partial charge in [0.2, 0.25) is 0 Å². The zero-order valence-corrected chi connectivity index (χ0v) is 10.4. The van der Waals surface area contributed by atoms with Crippen molar-refractivity contribution >= 4 is 11.6 Å². The molecule has 0 spiro atoms. The average Bonchev–Trinajstić information content (AvgIpc) is 2.30. The molecule has 0 radical (unpaired) electrons. The molecule has 0 saturated carbocycles. The van der Waals surface area contributed by atoms with E-state index in [0.29, 0.717) is 16.1 Å². The standard InChI is InChI=1S/C14H11ClF2O/c1-8-12(3-2-4-13(8)15)14(18)9-5-10(16)7-11(17)6-9/h2-7,14,18H,1H3. The van der Waals surface area contributed by atoms with Crippen LogP contribution in [0, 0.1) is 18.6 Å². The molecule has 0 amide bonds. The molecule has 94 valence electrons. The number of hydrogen-bond donors (Lipinski definition) is 1. The summed E-state index contributed by atoms with van der Waals surface area (Å²) in [5, 5.41) is 10.7. The summed E-state index contributed by atoms with van der Waals surface area (Å²) in [6.45, 7) is 1.75. The van der Waals surface area contributed by atoms with Crippen molar-refractivity contribution in [3.63, 3.8) is 0 Å². The third-order valence-electron chi connectivity index (χ3n) is 2.80. The third-order valence-corrected chi connectivity index (χ3v) is 3.21. The molecule has 1 N–H and O–H groups in total. The zero-order chi connectivity index (χ0) is 13.3. The van der Waals surface area contributed by atoms with Crippen LogP contribution in [0.5, 0.6) is 0 Å². The first-order chi connectivity index (χ1) is 8.49. The number of aliphatic hydroxyl groups excluding tert-OH is 1. The number of rotatable bonds is 2. The van der Waals surface area contributed by atoms with Crippen molar-refractivity contribution in [2.45, 2.75) is 13.0 Å². The molecule has 0 aliphatic carbocycles. The van der Waals surface area contributed by atoms with E-state index in [-0.39, 0.29) is 5.56 Å². The summed E-state index contributed by atoms with van der Waals surface area (Å²) in [6, 6.07) is 8.03. The molecule has 1 atom stereocenters. The Labute approximate surface area is 109 Å². The highest BCUT2D eigenvalue weighted by Crippen LogP contribution is 2.29. The maximum absolute atomic E-state index is 13.1. The minimum Gasteiger partial charge on any atom is -0.384 e. The van der Waals surface area contributed by atoms with Gasteiger partial charge in [0.1, 0.15) is 17.7 Å². The topological polar surface area (TPSA) is 20.2 Å². The molecule has 2 aromatic rings. The number of hydrogen-bond acceptors (Lipinski definition) is 1. The molecular weight excluding hydrogens is 258 g/mol. The fourth-order valence-corrected chi connectivity index (χ4v) is 2.01. The fraction of sp³-hybridized carbons (Fsp3) is 0.143. The molecule has 0 aliphatic heterocycles. The summed E-state index contributed by atoms with van der Waals surface area (Å²) in [5.74, 6) is -1.44. The molecule has 4 heteroatoms. The van der Waals surface area contributed by atoms with Crippen molar-refractivity contribution in [3.8, 4) is 0 Å². The van der Waals surface area contributed by atoms with Gasteiger partial charge in [-0.3, -0.25) is 0 Å². The highest BCUT2D eigenvalue weighted by Gasteiger charge is 2.16. The van der Waals surface area contributed by atoms with Crippen molar-refractivity contribution in [2.24, 2.45) is 0 Å². The predicted molar refractivity (Wildman–Crippen MR) is 66.6 cm³/mol. The molecular formula is C14H11ClF2O. The van der Waals surface area contributed by atoms with Crippen molar-refractivity contribution < 1.29 is 13.9 Å². The Morgan fingerprint density at radius 2 is 1.72 bits per heavy atom. The van der Waals surface area contributed by atoms with Crippen LogP contribution in [0.25, 0.3) is 0 Å². The first-order valence-corrected chi connectivity index (χ1v) is 5.76. The smallest absolute Gasteiger partial charge is 0.126 e. The molecule has 0 aliphatic rings. The lowest BCUT2D eigenvalue weighted by Gasteiger charge is -2.15. The Morgan fingerprint density at radius 1 is 1.11 bits per heavy atom. The van der Waals surface area contributed by atoms with Gasteiger partial charge in [-0.25, -0.2) is 8.78 Å². The van der Waals surface area contributed by atoms with Crippen LogP contribution in [0.2, 0.25) is 5.02 Å². The van der Waals surface area contributed by atoms with Crippen molar-refractivity contribution in [1.82, 2.24) is 0 Å². The molecule has 2 aromatic carbocycles. The summed E-state index contributed by atoms with van der Waals surface area (Å²) in [7, 11) is 0. The van der Waals surface area contributed by atoms with E-state index in [0.717, 1.165) is 18.2 Å². The lowest BCUT2D eigenvalue weighted by Crippen LogP contribution is -2.03. The van der Waals surface area contributed by atoms with E-state index in [1.165, 1.54) is 0 Å². The second-order valence-electron chi connectivity index (χ2n) is 4.06. The van der Waals surface area contributed by atoms with Gasteiger partial charge in [0.15, 0.2) is 0 Å². The Hall–Kier alpha value is -1.45. The Kier molecular flexibility index (Phi) is 3.64. The molecule has 1 nitrogen and oxygen atoms in total. The Balaban J connectivity index is 2.47. The lowest BCUT2D eigenvalue weighted by atomic mass is 9.97. The summed E-state index contributed by atoms with van der Waals surface area (Å²) < 4.78 is 26.2. The van der Waals surface area contributed by atoms with Crippen LogP contribution in [-0.2, 0) is 0 Å². The molecule has 0 heterocycles. The summed E-state index contributed by atoms with van der Waals surface area (Å²) in [5.41, 5.74) is 1.39. The van der Waals surface area contributed by atoms with Gasteiger partial charge in [0.05, 0.1) is 0 Å². The highest BCUT2D eigenvalue weighted by molar-refractivity contribution is 6.31. The van der Waals surface area contributed by atoms with Gasteiger partial charge < -0.3 is 5.11 Å². The molecule has 2 rings (SSSR count). The van der Waals surface area contributed by atoms with Crippen molar-refractivity contribution in [2.75, 3.05) is 0 Å². The quantitative estimate of drug-likeness (QED) is 0.873. The first kappa shape index (κ1) is 13.0. The third kappa shape index (κ3) is 2.52. The second kappa shape index (κ2) is 5.04. The molecule has 0 saturated heterocycles. The SMILES string of the molecule is Cc1c(Cl)cccc1C(O)c1cc(F)cc(F)c1. The highest BCUT2D eigenvalue weighted by atomic mass is 35.5. The van der Waals surface area contributed by atoms with E-state index in [1.807, 2.05) is 0 Å². The Morgan fingerprint density at radius 3 is 2.33 bits per heavy atom. The van der Waals surface area contributed by atoms with Gasteiger partial charge in [-0.15, -0.1) is 0 Å². The first-order valence-electron chi connectivity index (χ1n) is 5.38. The molecule has 18 heavy (non-hydrogen) atoms. The van der Waals surface area contributed by atoms with Gasteiger partial charge in [-0.05, 0) is 41.8 Å². The van der Waals surface area contributed by atoms with Crippen LogP contribution in [0.15, 0.2) is 36.4 Å². The second-order valence-corrected chi connectivity index (χ2v) is 4.47. The van der Waals surface area contributed by atoms with Crippen LogP contribution in [0.3, 0.4) is 0 Å². The van der Waals surface area contributed by atoms with Crippen LogP contribution in [0.4, 0.5) is 8.78 Å². The van der Waals surface area contributed by atoms with Crippen LogP contribution >= 0.6 is 11.6 Å². The van der Waals surface area contributed by atoms with Gasteiger partial charge in [-0.2, -0.15) is 0 Å². The molecule has 0 bridgehead atoms. The molecule has 0 aromatic heterocycles. The van der Waals surface area contributed by atoms with Crippen LogP contribution in [-0.4, -0.2) is 5.11 Å². The van der Waals surface area contributed by atoms with Gasteiger partial charge >= 0.3 is 0 Å². The minimum atomic E-state index is -1.10. The lowest BCUT2D eigenvalue weighted by molar-refractivity contribution is 0.218. The Bertz CT molecular complexity index is 564. The predicted octanol–water partition coefficient (Wildman–Crippen LogP) is 4.01. The van der Waals surface area contributed by atoms with E-state index in [4.69, 9.17) is 11.6 Å². The minimum absolute atomic E-state index is 0.165. The van der Waals surface area contributed by atoms with Crippen LogP contribution in [0.1, 0.15) is 22.8 Å². The van der Waals surface area contributed by atoms with E-state index in [1.54, 1.807) is 25.1 Å². The zero-order valence-electron chi connectivity index (χ0n) is 9.62. The van der Waals surface area contributed by atoms with Crippen LogP contribution < -0.4 is 0 Å². The van der Waals surface area contributed by atoms with Crippen molar-refractivity contribution in [3.05, 3.63) is 69.7 Å². The largest absolute Gasteiger partial charge is 0.384 e. The van der Waals surface area contributed by atoms with E-state index < -0.39 is 17.7 Å². The van der Waals surface area contributed by atoms with Gasteiger partial charge in [-0.1, -0.05) is 23.7 Å². The number of halogens is 3. The molecule has 1 unspecified atom stereocenters. The van der Waals surface area contributed by atoms with Crippen molar-refractivity contribution in [1.29, 1.82) is 0 Å². The monoisotopic (exact) mass is 268 g/mol. The van der Waals surface area contributed by atoms with Gasteiger partial charge in [0, 0.05) is 11.1 Å². The number of aliphatic hydroxyl groups is 1. The average molecular weight is 269 g/mol. The number of benzene rings is 2. The summed E-state index contributed by atoms with van der Waals surface area (Å²) in [6.07, 6.45) is -1.10. The van der Waals surface area contributed by atoms with Gasteiger partial charge in [0.25, 0.3) is 0 Å². The van der Waals surface area contributed by atoms with E-state index in [2.05, 4.69) is 0 Å². The van der Waals surface area contributed by atoms with E-state index >= 15 is 0 Å². The maximum Gasteiger partial charge on any atom is 0.126 e. The summed E-state index contributed by atoms with van der Waals surface area (Å²) >= 11 is 5.95. The van der Waals surface area contributed by atoms with E-state index in [9.17, 15) is 13.9 Å². The summed E-state index contributed by atoms with van der Waals surface area (Å²) in [4.78, 5) is 0. The normalized spacial score (nSPS) is 12.5.